The van der Waals surface area contributed by atoms with Crippen LogP contribution in [0.25, 0.3) is 5.65 Å². The molecular weight excluding hydrogens is 288 g/mol. The van der Waals surface area contributed by atoms with E-state index in [9.17, 15) is 4.79 Å². The van der Waals surface area contributed by atoms with Crippen LogP contribution in [0.15, 0.2) is 42.6 Å². The molecule has 2 heterocycles. The third kappa shape index (κ3) is 2.90. The van der Waals surface area contributed by atoms with Gasteiger partial charge in [-0.25, -0.2) is 4.98 Å². The third-order valence-electron chi connectivity index (χ3n) is 3.90. The van der Waals surface area contributed by atoms with Crippen molar-refractivity contribution in [1.29, 1.82) is 0 Å². The number of rotatable bonds is 4. The van der Waals surface area contributed by atoms with Gasteiger partial charge in [-0.05, 0) is 42.7 Å². The van der Waals surface area contributed by atoms with Gasteiger partial charge in [0.25, 0.3) is 5.91 Å². The summed E-state index contributed by atoms with van der Waals surface area (Å²) >= 11 is 0. The Balaban J connectivity index is 1.88. The van der Waals surface area contributed by atoms with Crippen LogP contribution in [0.5, 0.6) is 0 Å². The molecule has 3 rings (SSSR count). The molecule has 5 heteroatoms. The molecule has 0 aliphatic rings. The Labute approximate surface area is 135 Å². The zero-order valence-electron chi connectivity index (χ0n) is 13.3. The smallest absolute Gasteiger partial charge is 0.270 e. The van der Waals surface area contributed by atoms with Crippen molar-refractivity contribution in [3.63, 3.8) is 0 Å². The number of nitrogens with one attached hydrogen (secondary N) is 1. The molecule has 0 bridgehead atoms. The van der Waals surface area contributed by atoms with Crippen LogP contribution < -0.4 is 11.1 Å². The number of anilines is 1. The lowest BCUT2D eigenvalue weighted by Crippen LogP contribution is -2.25. The minimum atomic E-state index is -0.114. The number of nitrogens with two attached hydrogens (primary N) is 1. The third-order valence-corrected chi connectivity index (χ3v) is 3.90. The second-order valence-electron chi connectivity index (χ2n) is 5.57. The lowest BCUT2D eigenvalue weighted by Gasteiger charge is -2.07. The van der Waals surface area contributed by atoms with Crippen LogP contribution in [-0.2, 0) is 13.0 Å². The predicted molar refractivity (Wildman–Crippen MR) is 91.3 cm³/mol. The average molecular weight is 308 g/mol. The Morgan fingerprint density at radius 1 is 1.26 bits per heavy atom. The summed E-state index contributed by atoms with van der Waals surface area (Å²) in [5.41, 5.74) is 10.7. The fourth-order valence-electron chi connectivity index (χ4n) is 2.64. The number of imidazole rings is 1. The molecule has 0 spiro atoms. The number of fused-ring (bicyclic) bond motifs is 1. The SMILES string of the molecule is CCc1nc2c(C)cccn2c1C(=O)NCc1ccc(N)cc1. The van der Waals surface area contributed by atoms with Crippen molar-refractivity contribution in [3.05, 3.63) is 65.1 Å². The molecule has 0 saturated carbocycles. The van der Waals surface area contributed by atoms with Crippen molar-refractivity contribution in [1.82, 2.24) is 14.7 Å². The van der Waals surface area contributed by atoms with E-state index in [2.05, 4.69) is 10.3 Å². The number of amides is 1. The van der Waals surface area contributed by atoms with Crippen molar-refractivity contribution in [2.45, 2.75) is 26.8 Å². The standard InChI is InChI=1S/C18H20N4O/c1-3-15-16(22-10-4-5-12(2)17(22)21-15)18(23)20-11-13-6-8-14(19)9-7-13/h4-10H,3,11,19H2,1-2H3,(H,20,23). The van der Waals surface area contributed by atoms with E-state index < -0.39 is 0 Å². The summed E-state index contributed by atoms with van der Waals surface area (Å²) in [6, 6.07) is 11.4. The molecule has 0 saturated heterocycles. The number of aryl methyl sites for hydroxylation is 2. The van der Waals surface area contributed by atoms with E-state index in [1.807, 2.05) is 60.8 Å². The highest BCUT2D eigenvalue weighted by atomic mass is 16.1. The maximum Gasteiger partial charge on any atom is 0.270 e. The largest absolute Gasteiger partial charge is 0.399 e. The summed E-state index contributed by atoms with van der Waals surface area (Å²) in [6.07, 6.45) is 2.60. The molecule has 1 amide bonds. The Morgan fingerprint density at radius 3 is 2.70 bits per heavy atom. The Kier molecular flexibility index (Phi) is 4.02. The summed E-state index contributed by atoms with van der Waals surface area (Å²) in [6.45, 7) is 4.47. The number of hydrogen-bond donors (Lipinski definition) is 2. The molecule has 5 nitrogen and oxygen atoms in total. The number of hydrogen-bond acceptors (Lipinski definition) is 3. The van der Waals surface area contributed by atoms with Crippen LogP contribution in [0.1, 0.15) is 34.2 Å². The minimum Gasteiger partial charge on any atom is -0.399 e. The molecule has 0 fully saturated rings. The number of nitrogen functional groups attached to an aromatic ring is 1. The number of carbonyl (C=O) groups excluding carboxylic acids is 1. The second-order valence-corrected chi connectivity index (χ2v) is 5.57. The molecule has 0 radical (unpaired) electrons. The molecule has 0 aliphatic carbocycles. The van der Waals surface area contributed by atoms with E-state index in [1.165, 1.54) is 0 Å². The Bertz CT molecular complexity index is 849. The van der Waals surface area contributed by atoms with Gasteiger partial charge in [0.15, 0.2) is 0 Å². The van der Waals surface area contributed by atoms with E-state index in [1.54, 1.807) is 0 Å². The van der Waals surface area contributed by atoms with Crippen molar-refractivity contribution >= 4 is 17.2 Å². The topological polar surface area (TPSA) is 72.4 Å². The van der Waals surface area contributed by atoms with E-state index in [0.29, 0.717) is 24.3 Å². The van der Waals surface area contributed by atoms with Gasteiger partial charge in [0.2, 0.25) is 0 Å². The van der Waals surface area contributed by atoms with E-state index in [4.69, 9.17) is 5.73 Å². The lowest BCUT2D eigenvalue weighted by molar-refractivity contribution is 0.0944. The van der Waals surface area contributed by atoms with Crippen LogP contribution in [0.3, 0.4) is 0 Å². The molecular formula is C18H20N4O. The zero-order chi connectivity index (χ0) is 16.4. The van der Waals surface area contributed by atoms with E-state index in [0.717, 1.165) is 22.5 Å². The molecule has 3 N–H and O–H groups in total. The monoisotopic (exact) mass is 308 g/mol. The molecule has 0 atom stereocenters. The van der Waals surface area contributed by atoms with Gasteiger partial charge < -0.3 is 11.1 Å². The van der Waals surface area contributed by atoms with Gasteiger partial charge in [-0.15, -0.1) is 0 Å². The highest BCUT2D eigenvalue weighted by Crippen LogP contribution is 2.17. The van der Waals surface area contributed by atoms with Gasteiger partial charge in [0.05, 0.1) is 5.69 Å². The molecule has 0 unspecified atom stereocenters. The number of carbonyl (C=O) groups is 1. The quantitative estimate of drug-likeness (QED) is 0.728. The van der Waals surface area contributed by atoms with Crippen molar-refractivity contribution in [3.8, 4) is 0 Å². The first-order valence-corrected chi connectivity index (χ1v) is 7.69. The van der Waals surface area contributed by atoms with Crippen LogP contribution in [-0.4, -0.2) is 15.3 Å². The van der Waals surface area contributed by atoms with E-state index >= 15 is 0 Å². The molecule has 2 aromatic heterocycles. The van der Waals surface area contributed by atoms with Gasteiger partial charge in [0, 0.05) is 18.4 Å². The Morgan fingerprint density at radius 2 is 2.00 bits per heavy atom. The molecule has 0 aliphatic heterocycles. The fraction of sp³-hybridized carbons (Fsp3) is 0.222. The Hall–Kier alpha value is -2.82. The van der Waals surface area contributed by atoms with Crippen LogP contribution in [0.2, 0.25) is 0 Å². The average Bonchev–Trinajstić information content (AvgIpc) is 2.94. The molecule has 3 aromatic rings. The summed E-state index contributed by atoms with van der Waals surface area (Å²) < 4.78 is 1.87. The highest BCUT2D eigenvalue weighted by molar-refractivity contribution is 5.94. The summed E-state index contributed by atoms with van der Waals surface area (Å²) in [5.74, 6) is -0.114. The summed E-state index contributed by atoms with van der Waals surface area (Å²) in [4.78, 5) is 17.3. The minimum absolute atomic E-state index is 0.114. The normalized spacial score (nSPS) is 10.9. The van der Waals surface area contributed by atoms with Crippen LogP contribution >= 0.6 is 0 Å². The molecule has 23 heavy (non-hydrogen) atoms. The van der Waals surface area contributed by atoms with Gasteiger partial charge in [-0.2, -0.15) is 0 Å². The van der Waals surface area contributed by atoms with Crippen LogP contribution in [0, 0.1) is 6.92 Å². The van der Waals surface area contributed by atoms with Gasteiger partial charge >= 0.3 is 0 Å². The first-order chi connectivity index (χ1) is 11.1. The van der Waals surface area contributed by atoms with Crippen molar-refractivity contribution < 1.29 is 4.79 Å². The summed E-state index contributed by atoms with van der Waals surface area (Å²) in [5, 5.41) is 2.97. The van der Waals surface area contributed by atoms with Crippen molar-refractivity contribution in [2.75, 3.05) is 5.73 Å². The summed E-state index contributed by atoms with van der Waals surface area (Å²) in [7, 11) is 0. The number of benzene rings is 1. The van der Waals surface area contributed by atoms with E-state index in [-0.39, 0.29) is 5.91 Å². The number of nitrogens with zero attached hydrogens (tertiary/aromatic N) is 2. The maximum atomic E-state index is 12.7. The predicted octanol–water partition coefficient (Wildman–Crippen LogP) is 2.72. The first kappa shape index (κ1) is 15.1. The maximum absolute atomic E-state index is 12.7. The van der Waals surface area contributed by atoms with Gasteiger partial charge in [0.1, 0.15) is 11.3 Å². The van der Waals surface area contributed by atoms with Gasteiger partial charge in [-0.1, -0.05) is 25.1 Å². The second kappa shape index (κ2) is 6.12. The zero-order valence-corrected chi connectivity index (χ0v) is 13.3. The molecule has 1 aromatic carbocycles. The fourth-order valence-corrected chi connectivity index (χ4v) is 2.64. The number of pyridine rings is 1. The first-order valence-electron chi connectivity index (χ1n) is 7.69. The van der Waals surface area contributed by atoms with Gasteiger partial charge in [-0.3, -0.25) is 9.20 Å². The number of aromatic nitrogens is 2. The van der Waals surface area contributed by atoms with Crippen molar-refractivity contribution in [2.24, 2.45) is 0 Å². The lowest BCUT2D eigenvalue weighted by atomic mass is 10.2. The van der Waals surface area contributed by atoms with Crippen LogP contribution in [0.4, 0.5) is 5.69 Å². The molecule has 118 valence electrons. The highest BCUT2D eigenvalue weighted by Gasteiger charge is 2.18.